The Morgan fingerprint density at radius 3 is 2.24 bits per heavy atom. The van der Waals surface area contributed by atoms with E-state index in [1.807, 2.05) is 60.7 Å². The second-order valence-corrected chi connectivity index (χ2v) is 6.97. The zero-order valence-electron chi connectivity index (χ0n) is 16.1. The van der Waals surface area contributed by atoms with Gasteiger partial charge in [0.25, 0.3) is 0 Å². The van der Waals surface area contributed by atoms with Crippen LogP contribution in [0.3, 0.4) is 0 Å². The summed E-state index contributed by atoms with van der Waals surface area (Å²) in [6.45, 7) is 0.337. The average molecular weight is 408 g/mol. The first kappa shape index (κ1) is 20.4. The molecular weight excluding hydrogens is 386 g/mol. The molecule has 0 saturated carbocycles. The number of hydrogen-bond acceptors (Lipinski definition) is 2. The van der Waals surface area contributed by atoms with Crippen molar-refractivity contribution in [1.82, 2.24) is 5.32 Å². The Balaban J connectivity index is 1.51. The number of nitrogens with zero attached hydrogens (tertiary/aromatic N) is 1. The molecule has 3 aromatic rings. The summed E-state index contributed by atoms with van der Waals surface area (Å²) in [7, 11) is 1.76. The SMILES string of the molecule is CN(C(=O)Cc1ccc(NC(=O)NCc2ccccc2Cl)cc1)c1ccccc1. The summed E-state index contributed by atoms with van der Waals surface area (Å²) in [5.41, 5.74) is 3.22. The van der Waals surface area contributed by atoms with Crippen molar-refractivity contribution in [2.45, 2.75) is 13.0 Å². The summed E-state index contributed by atoms with van der Waals surface area (Å²) in [6.07, 6.45) is 0.282. The third-order valence-electron chi connectivity index (χ3n) is 4.48. The fourth-order valence-corrected chi connectivity index (χ4v) is 2.99. The molecule has 0 aliphatic heterocycles. The Morgan fingerprint density at radius 1 is 0.897 bits per heavy atom. The Morgan fingerprint density at radius 2 is 1.55 bits per heavy atom. The summed E-state index contributed by atoms with van der Waals surface area (Å²) >= 11 is 6.09. The van der Waals surface area contributed by atoms with Gasteiger partial charge in [0.15, 0.2) is 0 Å². The molecule has 0 fully saturated rings. The number of anilines is 2. The molecule has 0 spiro atoms. The van der Waals surface area contributed by atoms with Crippen molar-refractivity contribution in [2.24, 2.45) is 0 Å². The van der Waals surface area contributed by atoms with Gasteiger partial charge in [-0.15, -0.1) is 0 Å². The van der Waals surface area contributed by atoms with Crippen LogP contribution < -0.4 is 15.5 Å². The van der Waals surface area contributed by atoms with Crippen LogP contribution in [0.1, 0.15) is 11.1 Å². The predicted molar refractivity (Wildman–Crippen MR) is 117 cm³/mol. The average Bonchev–Trinajstić information content (AvgIpc) is 2.74. The largest absolute Gasteiger partial charge is 0.334 e. The van der Waals surface area contributed by atoms with Crippen LogP contribution in [-0.4, -0.2) is 19.0 Å². The molecule has 6 heteroatoms. The molecule has 3 rings (SSSR count). The smallest absolute Gasteiger partial charge is 0.319 e. The molecule has 5 nitrogen and oxygen atoms in total. The lowest BCUT2D eigenvalue weighted by atomic mass is 10.1. The van der Waals surface area contributed by atoms with Crippen molar-refractivity contribution in [3.63, 3.8) is 0 Å². The van der Waals surface area contributed by atoms with Gasteiger partial charge in [0.05, 0.1) is 6.42 Å². The maximum Gasteiger partial charge on any atom is 0.319 e. The summed E-state index contributed by atoms with van der Waals surface area (Å²) < 4.78 is 0. The van der Waals surface area contributed by atoms with E-state index in [1.165, 1.54) is 0 Å². The Kier molecular flexibility index (Phi) is 6.87. The molecule has 0 unspecified atom stereocenters. The van der Waals surface area contributed by atoms with Gasteiger partial charge in [0.1, 0.15) is 0 Å². The van der Waals surface area contributed by atoms with Gasteiger partial charge in [0.2, 0.25) is 5.91 Å². The van der Waals surface area contributed by atoms with Crippen LogP contribution in [0, 0.1) is 0 Å². The molecule has 0 bridgehead atoms. The van der Waals surface area contributed by atoms with Crippen molar-refractivity contribution < 1.29 is 9.59 Å². The molecular formula is C23H22ClN3O2. The van der Waals surface area contributed by atoms with Crippen LogP contribution in [0.15, 0.2) is 78.9 Å². The first-order chi connectivity index (χ1) is 14.0. The lowest BCUT2D eigenvalue weighted by Crippen LogP contribution is -2.28. The molecule has 0 saturated heterocycles. The third kappa shape index (κ3) is 5.83. The molecule has 3 aromatic carbocycles. The standard InChI is InChI=1S/C23H22ClN3O2/c1-27(20-8-3-2-4-9-20)22(28)15-17-11-13-19(14-12-17)26-23(29)25-16-18-7-5-6-10-21(18)24/h2-14H,15-16H2,1H3,(H2,25,26,29). The monoisotopic (exact) mass is 407 g/mol. The minimum absolute atomic E-state index is 0.00519. The number of nitrogens with one attached hydrogen (secondary N) is 2. The molecule has 3 amide bonds. The maximum atomic E-state index is 12.5. The molecule has 0 atom stereocenters. The molecule has 148 valence electrons. The number of urea groups is 1. The number of benzene rings is 3. The number of para-hydroxylation sites is 1. The van der Waals surface area contributed by atoms with Crippen molar-refractivity contribution in [3.05, 3.63) is 95.0 Å². The predicted octanol–water partition coefficient (Wildman–Crippen LogP) is 4.87. The van der Waals surface area contributed by atoms with E-state index in [0.29, 0.717) is 17.3 Å². The number of amides is 3. The summed E-state index contributed by atoms with van der Waals surface area (Å²) in [5, 5.41) is 6.16. The number of carbonyl (C=O) groups excluding carboxylic acids is 2. The van der Waals surface area contributed by atoms with Crippen LogP contribution in [0.25, 0.3) is 0 Å². The van der Waals surface area contributed by atoms with E-state index in [9.17, 15) is 9.59 Å². The second kappa shape index (κ2) is 9.75. The normalized spacial score (nSPS) is 10.3. The molecule has 0 heterocycles. The lowest BCUT2D eigenvalue weighted by molar-refractivity contribution is -0.117. The van der Waals surface area contributed by atoms with E-state index in [0.717, 1.165) is 16.8 Å². The molecule has 29 heavy (non-hydrogen) atoms. The quantitative estimate of drug-likeness (QED) is 0.612. The summed E-state index contributed by atoms with van der Waals surface area (Å²) in [4.78, 5) is 26.2. The molecule has 0 radical (unpaired) electrons. The van der Waals surface area contributed by atoms with Gasteiger partial charge in [-0.2, -0.15) is 0 Å². The van der Waals surface area contributed by atoms with E-state index in [2.05, 4.69) is 10.6 Å². The van der Waals surface area contributed by atoms with Crippen molar-refractivity contribution in [3.8, 4) is 0 Å². The Hall–Kier alpha value is -3.31. The van der Waals surface area contributed by atoms with Gasteiger partial charge in [-0.05, 0) is 41.5 Å². The fraction of sp³-hybridized carbons (Fsp3) is 0.130. The lowest BCUT2D eigenvalue weighted by Gasteiger charge is -2.17. The van der Waals surface area contributed by atoms with Crippen molar-refractivity contribution >= 4 is 34.9 Å². The fourth-order valence-electron chi connectivity index (χ4n) is 2.79. The first-order valence-corrected chi connectivity index (χ1v) is 9.59. The highest BCUT2D eigenvalue weighted by Gasteiger charge is 2.11. The Bertz CT molecular complexity index is 975. The van der Waals surface area contributed by atoms with Gasteiger partial charge >= 0.3 is 6.03 Å². The maximum absolute atomic E-state index is 12.5. The molecule has 2 N–H and O–H groups in total. The molecule has 0 aliphatic carbocycles. The number of carbonyl (C=O) groups is 2. The van der Waals surface area contributed by atoms with Crippen molar-refractivity contribution in [1.29, 1.82) is 0 Å². The van der Waals surface area contributed by atoms with E-state index in [-0.39, 0.29) is 18.4 Å². The first-order valence-electron chi connectivity index (χ1n) is 9.22. The highest BCUT2D eigenvalue weighted by atomic mass is 35.5. The van der Waals surface area contributed by atoms with Crippen LogP contribution in [0.4, 0.5) is 16.2 Å². The van der Waals surface area contributed by atoms with Gasteiger partial charge in [0, 0.05) is 30.0 Å². The number of hydrogen-bond donors (Lipinski definition) is 2. The number of halogens is 1. The number of rotatable bonds is 6. The van der Waals surface area contributed by atoms with Crippen LogP contribution in [0.2, 0.25) is 5.02 Å². The van der Waals surface area contributed by atoms with Gasteiger partial charge < -0.3 is 15.5 Å². The van der Waals surface area contributed by atoms with Crippen LogP contribution in [0.5, 0.6) is 0 Å². The minimum Gasteiger partial charge on any atom is -0.334 e. The molecule has 0 aromatic heterocycles. The minimum atomic E-state index is -0.322. The number of likely N-dealkylation sites (N-methyl/N-ethyl adjacent to an activating group) is 1. The van der Waals surface area contributed by atoms with Crippen LogP contribution in [-0.2, 0) is 17.8 Å². The van der Waals surface area contributed by atoms with E-state index >= 15 is 0 Å². The van der Waals surface area contributed by atoms with E-state index in [4.69, 9.17) is 11.6 Å². The van der Waals surface area contributed by atoms with Gasteiger partial charge in [-0.25, -0.2) is 4.79 Å². The highest BCUT2D eigenvalue weighted by molar-refractivity contribution is 6.31. The molecule has 0 aliphatic rings. The zero-order valence-corrected chi connectivity index (χ0v) is 16.8. The van der Waals surface area contributed by atoms with Crippen molar-refractivity contribution in [2.75, 3.05) is 17.3 Å². The zero-order chi connectivity index (χ0) is 20.6. The third-order valence-corrected chi connectivity index (χ3v) is 4.85. The van der Waals surface area contributed by atoms with E-state index in [1.54, 1.807) is 30.1 Å². The second-order valence-electron chi connectivity index (χ2n) is 6.56. The Labute approximate surface area is 175 Å². The van der Waals surface area contributed by atoms with Crippen LogP contribution >= 0.6 is 11.6 Å². The topological polar surface area (TPSA) is 61.4 Å². The van der Waals surface area contributed by atoms with E-state index < -0.39 is 0 Å². The van der Waals surface area contributed by atoms with Gasteiger partial charge in [-0.3, -0.25) is 4.79 Å². The summed E-state index contributed by atoms with van der Waals surface area (Å²) in [5.74, 6) is -0.00519. The van der Waals surface area contributed by atoms with Gasteiger partial charge in [-0.1, -0.05) is 60.1 Å². The summed E-state index contributed by atoms with van der Waals surface area (Å²) in [6, 6.07) is 23.8. The highest BCUT2D eigenvalue weighted by Crippen LogP contribution is 2.16.